The number of Topliss-reactive ketones (excluding diaryl/α,β-unsaturated/α-hetero) is 1. The number of nitrogens with zero attached hydrogens (tertiary/aromatic N) is 1. The number of phenols is 1. The average Bonchev–Trinajstić information content (AvgIpc) is 3.44. The Labute approximate surface area is 195 Å². The van der Waals surface area contributed by atoms with Gasteiger partial charge in [-0.15, -0.1) is 11.3 Å². The Morgan fingerprint density at radius 2 is 1.88 bits per heavy atom. The number of hydrogen-bond acceptors (Lipinski definition) is 7. The van der Waals surface area contributed by atoms with Crippen molar-refractivity contribution in [1.82, 2.24) is 4.90 Å². The van der Waals surface area contributed by atoms with Crippen molar-refractivity contribution in [3.8, 4) is 17.2 Å². The first-order valence-electron chi connectivity index (χ1n) is 10.4. The van der Waals surface area contributed by atoms with Crippen LogP contribution in [0.2, 0.25) is 0 Å². The number of carbonyl (C=O) groups excluding carboxylic acids is 2. The van der Waals surface area contributed by atoms with Crippen LogP contribution in [-0.2, 0) is 11.3 Å². The molecule has 2 N–H and O–H groups in total. The van der Waals surface area contributed by atoms with Crippen LogP contribution < -0.4 is 9.47 Å². The van der Waals surface area contributed by atoms with Crippen molar-refractivity contribution in [2.24, 2.45) is 0 Å². The van der Waals surface area contributed by atoms with Gasteiger partial charge in [-0.2, -0.15) is 0 Å². The molecule has 33 heavy (non-hydrogen) atoms. The van der Waals surface area contributed by atoms with E-state index in [1.807, 2.05) is 18.2 Å². The second-order valence-electron chi connectivity index (χ2n) is 7.38. The fourth-order valence-corrected chi connectivity index (χ4v) is 4.60. The predicted molar refractivity (Wildman–Crippen MR) is 124 cm³/mol. The first-order chi connectivity index (χ1) is 16.0. The zero-order chi connectivity index (χ0) is 23.5. The number of aromatic hydroxyl groups is 1. The fourth-order valence-electron chi connectivity index (χ4n) is 3.92. The summed E-state index contributed by atoms with van der Waals surface area (Å²) in [5.74, 6) is -0.901. The van der Waals surface area contributed by atoms with Crippen LogP contribution in [0.3, 0.4) is 0 Å². The minimum atomic E-state index is -0.878. The van der Waals surface area contributed by atoms with Crippen LogP contribution in [0.1, 0.15) is 33.8 Å². The van der Waals surface area contributed by atoms with Gasteiger partial charge >= 0.3 is 0 Å². The number of methoxy groups -OCH3 is 1. The summed E-state index contributed by atoms with van der Waals surface area (Å²) in [7, 11) is 1.54. The van der Waals surface area contributed by atoms with E-state index in [1.165, 1.54) is 29.4 Å². The molecule has 2 aromatic carbocycles. The SMILES string of the molecule is CCOc1cc(C2C(C(=O)c3cccs3)=C(O)C(=O)N2Cc2ccccc2OC)ccc1O. The zero-order valence-electron chi connectivity index (χ0n) is 18.1. The molecule has 0 saturated carbocycles. The van der Waals surface area contributed by atoms with Gasteiger partial charge in [0.2, 0.25) is 5.78 Å². The van der Waals surface area contributed by atoms with Crippen molar-refractivity contribution < 1.29 is 29.3 Å². The first kappa shape index (κ1) is 22.4. The summed E-state index contributed by atoms with van der Waals surface area (Å²) in [6.07, 6.45) is 0. The summed E-state index contributed by atoms with van der Waals surface area (Å²) in [6.45, 7) is 2.22. The Balaban J connectivity index is 1.83. The van der Waals surface area contributed by atoms with Crippen LogP contribution in [0, 0.1) is 0 Å². The molecule has 170 valence electrons. The van der Waals surface area contributed by atoms with Gasteiger partial charge in [-0.3, -0.25) is 9.59 Å². The molecule has 1 amide bonds. The van der Waals surface area contributed by atoms with Crippen LogP contribution in [0.15, 0.2) is 71.3 Å². The minimum Gasteiger partial charge on any atom is -0.504 e. The van der Waals surface area contributed by atoms with E-state index in [1.54, 1.807) is 42.6 Å². The summed E-state index contributed by atoms with van der Waals surface area (Å²) in [5, 5.41) is 22.7. The number of ether oxygens (including phenoxy) is 2. The maximum Gasteiger partial charge on any atom is 0.290 e. The molecule has 0 fully saturated rings. The molecule has 1 aromatic heterocycles. The molecule has 1 unspecified atom stereocenters. The second kappa shape index (κ2) is 9.38. The zero-order valence-corrected chi connectivity index (χ0v) is 19.0. The van der Waals surface area contributed by atoms with Crippen molar-refractivity contribution >= 4 is 23.0 Å². The Morgan fingerprint density at radius 1 is 1.09 bits per heavy atom. The van der Waals surface area contributed by atoms with E-state index in [4.69, 9.17) is 9.47 Å². The van der Waals surface area contributed by atoms with E-state index in [9.17, 15) is 19.8 Å². The number of carbonyl (C=O) groups is 2. The highest BCUT2D eigenvalue weighted by Gasteiger charge is 2.44. The topological polar surface area (TPSA) is 96.3 Å². The van der Waals surface area contributed by atoms with Gasteiger partial charge in [0.25, 0.3) is 5.91 Å². The number of aliphatic hydroxyl groups excluding tert-OH is 1. The number of ketones is 1. The van der Waals surface area contributed by atoms with Gasteiger partial charge in [-0.1, -0.05) is 30.3 Å². The van der Waals surface area contributed by atoms with Crippen molar-refractivity contribution in [3.05, 3.63) is 87.3 Å². The molecule has 1 aliphatic heterocycles. The molecular weight excluding hydrogens is 442 g/mol. The van der Waals surface area contributed by atoms with Crippen LogP contribution in [-0.4, -0.2) is 40.5 Å². The summed E-state index contributed by atoms with van der Waals surface area (Å²) >= 11 is 1.23. The van der Waals surface area contributed by atoms with E-state index in [-0.39, 0.29) is 23.6 Å². The first-order valence-corrected chi connectivity index (χ1v) is 11.2. The number of thiophene rings is 1. The molecule has 1 atom stereocenters. The third kappa shape index (κ3) is 4.17. The molecule has 8 heteroatoms. The van der Waals surface area contributed by atoms with E-state index in [0.717, 1.165) is 5.56 Å². The highest BCUT2D eigenvalue weighted by molar-refractivity contribution is 7.12. The van der Waals surface area contributed by atoms with Gasteiger partial charge in [0.05, 0.1) is 36.8 Å². The van der Waals surface area contributed by atoms with Gasteiger partial charge in [0.1, 0.15) is 5.75 Å². The molecule has 4 rings (SSSR count). The maximum absolute atomic E-state index is 13.4. The van der Waals surface area contributed by atoms with Crippen LogP contribution in [0.5, 0.6) is 17.2 Å². The lowest BCUT2D eigenvalue weighted by molar-refractivity contribution is -0.130. The Hall–Kier alpha value is -3.78. The molecule has 3 aromatic rings. The third-order valence-corrected chi connectivity index (χ3v) is 6.29. The highest BCUT2D eigenvalue weighted by Crippen LogP contribution is 2.43. The lowest BCUT2D eigenvalue weighted by atomic mass is 9.94. The van der Waals surface area contributed by atoms with Crippen LogP contribution in [0.4, 0.5) is 0 Å². The summed E-state index contributed by atoms with van der Waals surface area (Å²) < 4.78 is 10.9. The molecule has 1 aliphatic rings. The van der Waals surface area contributed by atoms with Gasteiger partial charge in [0, 0.05) is 5.56 Å². The number of para-hydroxylation sites is 1. The Morgan fingerprint density at radius 3 is 2.58 bits per heavy atom. The Kier molecular flexibility index (Phi) is 6.37. The number of hydrogen-bond donors (Lipinski definition) is 2. The van der Waals surface area contributed by atoms with Gasteiger partial charge < -0.3 is 24.6 Å². The normalized spacial score (nSPS) is 15.8. The Bertz CT molecular complexity index is 1220. The van der Waals surface area contributed by atoms with Crippen molar-refractivity contribution in [1.29, 1.82) is 0 Å². The average molecular weight is 466 g/mol. The minimum absolute atomic E-state index is 0.00881. The molecular formula is C25H23NO6S. The number of phenolic OH excluding ortho intramolecular Hbond substituents is 1. The van der Waals surface area contributed by atoms with Gasteiger partial charge in [0.15, 0.2) is 17.3 Å². The molecule has 0 saturated heterocycles. The van der Waals surface area contributed by atoms with Crippen LogP contribution in [0.25, 0.3) is 0 Å². The lowest BCUT2D eigenvalue weighted by Gasteiger charge is -2.28. The molecule has 0 aliphatic carbocycles. The monoisotopic (exact) mass is 465 g/mol. The fraction of sp³-hybridized carbons (Fsp3) is 0.200. The molecule has 0 radical (unpaired) electrons. The van der Waals surface area contributed by atoms with Gasteiger partial charge in [-0.25, -0.2) is 0 Å². The number of aliphatic hydroxyl groups is 1. The molecule has 2 heterocycles. The maximum atomic E-state index is 13.4. The number of amides is 1. The second-order valence-corrected chi connectivity index (χ2v) is 8.32. The summed E-state index contributed by atoms with van der Waals surface area (Å²) in [4.78, 5) is 28.4. The van der Waals surface area contributed by atoms with Crippen molar-refractivity contribution in [2.75, 3.05) is 13.7 Å². The summed E-state index contributed by atoms with van der Waals surface area (Å²) in [6, 6.07) is 14.4. The standard InChI is InChI=1S/C25H23NO6S/c1-3-32-19-13-15(10-11-17(19)27)22-21(23(28)20-9-6-12-33-20)24(29)25(30)26(22)14-16-7-4-5-8-18(16)31-2/h4-13,22,27,29H,3,14H2,1-2H3. The molecule has 0 spiro atoms. The van der Waals surface area contributed by atoms with E-state index < -0.39 is 23.5 Å². The molecule has 7 nitrogen and oxygen atoms in total. The van der Waals surface area contributed by atoms with Crippen molar-refractivity contribution in [3.63, 3.8) is 0 Å². The smallest absolute Gasteiger partial charge is 0.290 e. The van der Waals surface area contributed by atoms with E-state index in [0.29, 0.717) is 22.8 Å². The molecule has 0 bridgehead atoms. The van der Waals surface area contributed by atoms with E-state index >= 15 is 0 Å². The van der Waals surface area contributed by atoms with Crippen molar-refractivity contribution in [2.45, 2.75) is 19.5 Å². The lowest BCUT2D eigenvalue weighted by Crippen LogP contribution is -2.30. The van der Waals surface area contributed by atoms with E-state index in [2.05, 4.69) is 0 Å². The van der Waals surface area contributed by atoms with Crippen LogP contribution >= 0.6 is 11.3 Å². The predicted octanol–water partition coefficient (Wildman–Crippen LogP) is 4.64. The number of benzene rings is 2. The third-order valence-electron chi connectivity index (χ3n) is 5.43. The quantitative estimate of drug-likeness (QED) is 0.471. The van der Waals surface area contributed by atoms with Gasteiger partial charge in [-0.05, 0) is 42.1 Å². The largest absolute Gasteiger partial charge is 0.504 e. The number of rotatable bonds is 8. The highest BCUT2D eigenvalue weighted by atomic mass is 32.1. The summed E-state index contributed by atoms with van der Waals surface area (Å²) in [5.41, 5.74) is 1.24.